The summed E-state index contributed by atoms with van der Waals surface area (Å²) in [6.45, 7) is 0.862. The van der Waals surface area contributed by atoms with Crippen LogP contribution >= 0.6 is 0 Å². The molecule has 0 saturated carbocycles. The third-order valence-electron chi connectivity index (χ3n) is 4.60. The number of halogens is 6. The van der Waals surface area contributed by atoms with E-state index in [1.165, 1.54) is 6.20 Å². The number of hydrogen-bond donors (Lipinski definition) is 1. The number of alkyl halides is 6. The molecule has 0 aromatic heterocycles. The predicted octanol–water partition coefficient (Wildman–Crippen LogP) is 4.72. The van der Waals surface area contributed by atoms with Crippen molar-refractivity contribution in [2.45, 2.75) is 12.5 Å². The number of ketones is 1. The van der Waals surface area contributed by atoms with E-state index in [-0.39, 0.29) is 22.4 Å². The summed E-state index contributed by atoms with van der Waals surface area (Å²) in [5, 5.41) is 2.90. The largest absolute Gasteiger partial charge is 0.573 e. The molecule has 0 unspecified atom stereocenters. The van der Waals surface area contributed by atoms with E-state index in [2.05, 4.69) is 10.1 Å². The number of ether oxygens (including phenoxy) is 1. The Balaban J connectivity index is 1.89. The summed E-state index contributed by atoms with van der Waals surface area (Å²) >= 11 is 0. The highest BCUT2D eigenvalue weighted by Crippen LogP contribution is 2.46. The van der Waals surface area contributed by atoms with Crippen molar-refractivity contribution in [3.63, 3.8) is 0 Å². The minimum absolute atomic E-state index is 0.00315. The molecule has 4 rings (SSSR count). The number of allylic oxidation sites excluding steroid dienone is 1. The fourth-order valence-electron chi connectivity index (χ4n) is 3.43. The second-order valence-corrected chi connectivity index (χ2v) is 6.45. The molecule has 0 spiro atoms. The van der Waals surface area contributed by atoms with Crippen molar-refractivity contribution in [1.29, 1.82) is 0 Å². The molecule has 0 radical (unpaired) electrons. The second-order valence-electron chi connectivity index (χ2n) is 6.45. The van der Waals surface area contributed by atoms with Crippen LogP contribution in [0.15, 0.2) is 48.3 Å². The van der Waals surface area contributed by atoms with Crippen LogP contribution in [0.3, 0.4) is 0 Å². The first-order chi connectivity index (χ1) is 13.5. The Bertz CT molecular complexity index is 1010. The Hall–Kier alpha value is -3.17. The normalized spacial score (nSPS) is 16.1. The third kappa shape index (κ3) is 3.50. The van der Waals surface area contributed by atoms with Crippen LogP contribution in [0.1, 0.15) is 15.9 Å². The van der Waals surface area contributed by atoms with E-state index in [0.717, 1.165) is 36.4 Å². The Labute approximate surface area is 160 Å². The lowest BCUT2D eigenvalue weighted by Crippen LogP contribution is -2.34. The molecule has 29 heavy (non-hydrogen) atoms. The molecular formula is C19H12F6N2O2. The van der Waals surface area contributed by atoms with Gasteiger partial charge in [0.2, 0.25) is 5.78 Å². The first-order valence-electron chi connectivity index (χ1n) is 8.42. The zero-order chi connectivity index (χ0) is 21.0. The number of rotatable bonds is 2. The number of carbonyl (C=O) groups excluding carboxylic acids is 1. The quantitative estimate of drug-likeness (QED) is 0.723. The van der Waals surface area contributed by atoms with Gasteiger partial charge in [-0.3, -0.25) is 4.79 Å². The lowest BCUT2D eigenvalue weighted by molar-refractivity contribution is -0.274. The van der Waals surface area contributed by atoms with Gasteiger partial charge in [0, 0.05) is 24.9 Å². The SMILES string of the molecule is O=C1C2=CNCCN2c2c1cc(OC(F)(F)F)cc2-c1ccc(C(F)(F)F)cc1. The smallest absolute Gasteiger partial charge is 0.406 e. The molecule has 0 saturated heterocycles. The molecule has 4 nitrogen and oxygen atoms in total. The van der Waals surface area contributed by atoms with Gasteiger partial charge in [-0.2, -0.15) is 13.2 Å². The van der Waals surface area contributed by atoms with E-state index in [1.807, 2.05) is 0 Å². The van der Waals surface area contributed by atoms with Crippen molar-refractivity contribution < 1.29 is 35.9 Å². The van der Waals surface area contributed by atoms with E-state index in [9.17, 15) is 31.1 Å². The molecule has 2 aliphatic rings. The summed E-state index contributed by atoms with van der Waals surface area (Å²) < 4.78 is 80.8. The molecule has 2 aliphatic heterocycles. The fraction of sp³-hybridized carbons (Fsp3) is 0.211. The van der Waals surface area contributed by atoms with Crippen molar-refractivity contribution in [2.75, 3.05) is 18.0 Å². The molecule has 2 aromatic rings. The Kier molecular flexibility index (Phi) is 4.25. The first-order valence-corrected chi connectivity index (χ1v) is 8.42. The lowest BCUT2D eigenvalue weighted by atomic mass is 9.98. The highest BCUT2D eigenvalue weighted by molar-refractivity contribution is 6.21. The molecule has 2 aromatic carbocycles. The molecule has 152 valence electrons. The second kappa shape index (κ2) is 6.43. The van der Waals surface area contributed by atoms with Crippen molar-refractivity contribution in [3.8, 4) is 16.9 Å². The van der Waals surface area contributed by atoms with Crippen molar-refractivity contribution >= 4 is 11.5 Å². The number of benzene rings is 2. The van der Waals surface area contributed by atoms with Gasteiger partial charge in [0.05, 0.1) is 16.8 Å². The van der Waals surface area contributed by atoms with Gasteiger partial charge in [-0.15, -0.1) is 13.2 Å². The summed E-state index contributed by atoms with van der Waals surface area (Å²) in [5.41, 5.74) is 0.111. The number of carbonyl (C=O) groups is 1. The van der Waals surface area contributed by atoms with Crippen molar-refractivity contribution in [2.24, 2.45) is 0 Å². The highest BCUT2D eigenvalue weighted by atomic mass is 19.4. The molecule has 0 fully saturated rings. The van der Waals surface area contributed by atoms with Crippen molar-refractivity contribution in [3.05, 3.63) is 59.4 Å². The maximum Gasteiger partial charge on any atom is 0.573 e. The number of Topliss-reactive ketones (excluding diaryl/α,β-unsaturated/α-hetero) is 1. The van der Waals surface area contributed by atoms with Gasteiger partial charge in [-0.25, -0.2) is 0 Å². The zero-order valence-corrected chi connectivity index (χ0v) is 14.5. The molecule has 2 heterocycles. The summed E-state index contributed by atoms with van der Waals surface area (Å²) in [5.74, 6) is -1.11. The maximum absolute atomic E-state index is 12.9. The van der Waals surface area contributed by atoms with Crippen LogP contribution in [0, 0.1) is 0 Å². The third-order valence-corrected chi connectivity index (χ3v) is 4.60. The first kappa shape index (κ1) is 19.2. The van der Waals surface area contributed by atoms with Crippen LogP contribution < -0.4 is 15.0 Å². The van der Waals surface area contributed by atoms with Gasteiger partial charge in [-0.1, -0.05) is 12.1 Å². The maximum atomic E-state index is 12.9. The standard InChI is InChI=1S/C19H12F6N2O2/c20-18(21,22)11-3-1-10(2-4-11)13-7-12(29-19(23,24)25)8-14-16(13)27-6-5-26-9-15(27)17(14)28/h1-4,7-9,26H,5-6H2. The van der Waals surface area contributed by atoms with Gasteiger partial charge in [-0.05, 0) is 29.8 Å². The summed E-state index contributed by atoms with van der Waals surface area (Å²) in [4.78, 5) is 14.3. The predicted molar refractivity (Wildman–Crippen MR) is 91.3 cm³/mol. The monoisotopic (exact) mass is 414 g/mol. The number of anilines is 1. The fourth-order valence-corrected chi connectivity index (χ4v) is 3.43. The Morgan fingerprint density at radius 2 is 1.62 bits per heavy atom. The average molecular weight is 414 g/mol. The minimum Gasteiger partial charge on any atom is -0.406 e. The number of fused-ring (bicyclic) bond motifs is 3. The lowest BCUT2D eigenvalue weighted by Gasteiger charge is -2.26. The number of nitrogens with one attached hydrogen (secondary N) is 1. The molecule has 0 bridgehead atoms. The van der Waals surface area contributed by atoms with Gasteiger partial charge >= 0.3 is 12.5 Å². The van der Waals surface area contributed by atoms with Gasteiger partial charge < -0.3 is 15.0 Å². The van der Waals surface area contributed by atoms with Gasteiger partial charge in [0.1, 0.15) is 11.4 Å². The zero-order valence-electron chi connectivity index (χ0n) is 14.5. The van der Waals surface area contributed by atoms with E-state index < -0.39 is 29.6 Å². The van der Waals surface area contributed by atoms with E-state index >= 15 is 0 Å². The summed E-state index contributed by atoms with van der Waals surface area (Å²) in [6, 6.07) is 6.06. The van der Waals surface area contributed by atoms with Crippen LogP contribution in [0.25, 0.3) is 11.1 Å². The molecule has 0 atom stereocenters. The van der Waals surface area contributed by atoms with E-state index in [4.69, 9.17) is 0 Å². The highest BCUT2D eigenvalue weighted by Gasteiger charge is 2.38. The summed E-state index contributed by atoms with van der Waals surface area (Å²) in [7, 11) is 0. The van der Waals surface area contributed by atoms with E-state index in [0.29, 0.717) is 18.8 Å². The molecule has 0 amide bonds. The van der Waals surface area contributed by atoms with Crippen LogP contribution in [-0.4, -0.2) is 25.2 Å². The van der Waals surface area contributed by atoms with E-state index in [1.54, 1.807) is 4.90 Å². The average Bonchev–Trinajstić information content (AvgIpc) is 2.92. The molecular weight excluding hydrogens is 402 g/mol. The molecule has 10 heteroatoms. The molecule has 1 N–H and O–H groups in total. The van der Waals surface area contributed by atoms with Crippen LogP contribution in [0.4, 0.5) is 32.0 Å². The topological polar surface area (TPSA) is 41.6 Å². The minimum atomic E-state index is -4.98. The number of hydrogen-bond acceptors (Lipinski definition) is 4. The molecule has 0 aliphatic carbocycles. The van der Waals surface area contributed by atoms with Gasteiger partial charge in [0.15, 0.2) is 0 Å². The Morgan fingerprint density at radius 3 is 2.24 bits per heavy atom. The van der Waals surface area contributed by atoms with Crippen LogP contribution in [0.5, 0.6) is 5.75 Å². The number of nitrogens with zero attached hydrogens (tertiary/aromatic N) is 1. The Morgan fingerprint density at radius 1 is 0.966 bits per heavy atom. The van der Waals surface area contributed by atoms with Crippen molar-refractivity contribution in [1.82, 2.24) is 5.32 Å². The van der Waals surface area contributed by atoms with Gasteiger partial charge in [0.25, 0.3) is 0 Å². The van der Waals surface area contributed by atoms with Crippen LogP contribution in [0.2, 0.25) is 0 Å². The summed E-state index contributed by atoms with van der Waals surface area (Å²) in [6.07, 6.45) is -8.07. The van der Waals surface area contributed by atoms with Crippen LogP contribution in [-0.2, 0) is 6.18 Å².